The van der Waals surface area contributed by atoms with Crippen LogP contribution in [0.25, 0.3) is 10.2 Å². The van der Waals surface area contributed by atoms with Crippen LogP contribution in [0.2, 0.25) is 0 Å². The van der Waals surface area contributed by atoms with Gasteiger partial charge in [-0.15, -0.1) is 11.3 Å². The zero-order chi connectivity index (χ0) is 18.7. The largest absolute Gasteiger partial charge is 0.481 e. The minimum Gasteiger partial charge on any atom is -0.481 e. The number of rotatable bonds is 6. The molecular weight excluding hydrogens is 358 g/mol. The van der Waals surface area contributed by atoms with Gasteiger partial charge in [0.1, 0.15) is 28.5 Å². The number of ether oxygens (including phenoxy) is 2. The average molecular weight is 379 g/mol. The minimum atomic E-state index is -0.788. The average Bonchev–Trinajstić information content (AvgIpc) is 2.99. The quantitative estimate of drug-likeness (QED) is 0.601. The second-order valence-electron chi connectivity index (χ2n) is 6.19. The van der Waals surface area contributed by atoms with E-state index in [9.17, 15) is 14.7 Å². The molecule has 1 saturated heterocycles. The summed E-state index contributed by atoms with van der Waals surface area (Å²) in [5.74, 6) is -0.920. The van der Waals surface area contributed by atoms with Gasteiger partial charge in [-0.2, -0.15) is 0 Å². The van der Waals surface area contributed by atoms with E-state index in [-0.39, 0.29) is 6.61 Å². The molecule has 2 aromatic rings. The topological polar surface area (TPSA) is 102 Å². The summed E-state index contributed by atoms with van der Waals surface area (Å²) in [4.78, 5) is 35.5. The van der Waals surface area contributed by atoms with Crippen molar-refractivity contribution in [2.24, 2.45) is 5.92 Å². The highest BCUT2D eigenvalue weighted by Gasteiger charge is 2.29. The number of fused-ring (bicyclic) bond motifs is 1. The lowest BCUT2D eigenvalue weighted by Gasteiger charge is -2.32. The van der Waals surface area contributed by atoms with Crippen LogP contribution in [0.15, 0.2) is 6.33 Å². The highest BCUT2D eigenvalue weighted by molar-refractivity contribution is 7.20. The molecule has 1 N–H and O–H groups in total. The van der Waals surface area contributed by atoms with Gasteiger partial charge >= 0.3 is 11.9 Å². The molecule has 1 unspecified atom stereocenters. The summed E-state index contributed by atoms with van der Waals surface area (Å²) in [6, 6.07) is 0. The van der Waals surface area contributed by atoms with E-state index in [1.165, 1.54) is 17.7 Å². The molecule has 1 aliphatic rings. The fraction of sp³-hybridized carbons (Fsp3) is 0.529. The highest BCUT2D eigenvalue weighted by atomic mass is 32.1. The predicted molar refractivity (Wildman–Crippen MR) is 96.9 cm³/mol. The number of piperidine rings is 1. The van der Waals surface area contributed by atoms with Crippen molar-refractivity contribution in [2.45, 2.75) is 19.8 Å². The number of carbonyl (C=O) groups excluding carboxylic acids is 1. The van der Waals surface area contributed by atoms with Gasteiger partial charge in [-0.05, 0) is 25.3 Å². The van der Waals surface area contributed by atoms with E-state index in [0.29, 0.717) is 35.1 Å². The van der Waals surface area contributed by atoms with Crippen LogP contribution in [0, 0.1) is 12.8 Å². The highest BCUT2D eigenvalue weighted by Crippen LogP contribution is 2.36. The molecule has 0 amide bonds. The number of carboxylic acid groups (broad SMARTS) is 1. The number of aryl methyl sites for hydroxylation is 1. The maximum absolute atomic E-state index is 12.3. The number of aromatic nitrogens is 2. The molecule has 26 heavy (non-hydrogen) atoms. The summed E-state index contributed by atoms with van der Waals surface area (Å²) in [5, 5.41) is 10.1. The Kier molecular flexibility index (Phi) is 5.67. The van der Waals surface area contributed by atoms with Crippen molar-refractivity contribution in [1.29, 1.82) is 0 Å². The maximum Gasteiger partial charge on any atom is 0.348 e. The van der Waals surface area contributed by atoms with Crippen LogP contribution in [0.5, 0.6) is 0 Å². The number of hydrogen-bond acceptors (Lipinski definition) is 8. The smallest absolute Gasteiger partial charge is 0.348 e. The fourth-order valence-corrected chi connectivity index (χ4v) is 4.18. The lowest BCUT2D eigenvalue weighted by atomic mass is 9.98. The van der Waals surface area contributed by atoms with E-state index >= 15 is 0 Å². The molecule has 8 nitrogen and oxygen atoms in total. The SMILES string of the molecule is COCCOC(=O)c1sc2ncnc(N3CCCC(C(=O)O)C3)c2c1C. The first-order chi connectivity index (χ1) is 12.5. The lowest BCUT2D eigenvalue weighted by molar-refractivity contribution is -0.141. The van der Waals surface area contributed by atoms with Gasteiger partial charge in [-0.3, -0.25) is 4.79 Å². The molecule has 0 spiro atoms. The molecule has 3 heterocycles. The molecule has 0 saturated carbocycles. The van der Waals surface area contributed by atoms with Crippen molar-refractivity contribution in [3.8, 4) is 0 Å². The first-order valence-corrected chi connectivity index (χ1v) is 9.22. The Morgan fingerprint density at radius 1 is 1.38 bits per heavy atom. The molecule has 1 fully saturated rings. The Hall–Kier alpha value is -2.26. The fourth-order valence-electron chi connectivity index (χ4n) is 3.14. The normalized spacial score (nSPS) is 17.5. The number of thiophene rings is 1. The van der Waals surface area contributed by atoms with Crippen LogP contribution >= 0.6 is 11.3 Å². The van der Waals surface area contributed by atoms with Crippen molar-refractivity contribution in [2.75, 3.05) is 38.3 Å². The van der Waals surface area contributed by atoms with Gasteiger partial charge in [0.25, 0.3) is 0 Å². The van der Waals surface area contributed by atoms with Crippen LogP contribution in [-0.2, 0) is 14.3 Å². The van der Waals surface area contributed by atoms with Crippen LogP contribution in [0.1, 0.15) is 28.1 Å². The van der Waals surface area contributed by atoms with Gasteiger partial charge in [-0.1, -0.05) is 0 Å². The van der Waals surface area contributed by atoms with Gasteiger partial charge in [-0.25, -0.2) is 14.8 Å². The molecule has 3 rings (SSSR count). The Bertz CT molecular complexity index is 822. The van der Waals surface area contributed by atoms with Gasteiger partial charge in [0.15, 0.2) is 0 Å². The summed E-state index contributed by atoms with van der Waals surface area (Å²) in [6.45, 7) is 3.51. The molecule has 0 aromatic carbocycles. The van der Waals surface area contributed by atoms with Gasteiger partial charge in [0.05, 0.1) is 17.9 Å². The van der Waals surface area contributed by atoms with Crippen molar-refractivity contribution in [3.63, 3.8) is 0 Å². The first kappa shape index (κ1) is 18.5. The molecule has 1 atom stereocenters. The summed E-state index contributed by atoms with van der Waals surface area (Å²) >= 11 is 1.27. The van der Waals surface area contributed by atoms with Gasteiger partial charge in [0, 0.05) is 20.2 Å². The summed E-state index contributed by atoms with van der Waals surface area (Å²) in [5.41, 5.74) is 0.764. The lowest BCUT2D eigenvalue weighted by Crippen LogP contribution is -2.39. The number of anilines is 1. The minimum absolute atomic E-state index is 0.188. The first-order valence-electron chi connectivity index (χ1n) is 8.40. The number of aliphatic carboxylic acids is 1. The number of esters is 1. The van der Waals surface area contributed by atoms with E-state index in [2.05, 4.69) is 9.97 Å². The Balaban J connectivity index is 1.92. The van der Waals surface area contributed by atoms with Gasteiger partial charge in [0.2, 0.25) is 0 Å². The number of hydrogen-bond donors (Lipinski definition) is 1. The van der Waals surface area contributed by atoms with Crippen LogP contribution in [-0.4, -0.2) is 60.4 Å². The second kappa shape index (κ2) is 7.96. The van der Waals surface area contributed by atoms with Crippen molar-refractivity contribution in [1.82, 2.24) is 9.97 Å². The molecule has 9 heteroatoms. The summed E-state index contributed by atoms with van der Waals surface area (Å²) < 4.78 is 10.1. The van der Waals surface area contributed by atoms with E-state index in [1.54, 1.807) is 7.11 Å². The predicted octanol–water partition coefficient (Wildman–Crippen LogP) is 2.10. The third-order valence-corrected chi connectivity index (χ3v) is 5.66. The van der Waals surface area contributed by atoms with Crippen molar-refractivity contribution in [3.05, 3.63) is 16.8 Å². The Morgan fingerprint density at radius 2 is 2.19 bits per heavy atom. The van der Waals surface area contributed by atoms with Crippen LogP contribution in [0.3, 0.4) is 0 Å². The van der Waals surface area contributed by atoms with Crippen molar-refractivity contribution < 1.29 is 24.2 Å². The standard InChI is InChI=1S/C17H21N3O5S/c1-10-12-14(20-5-3-4-11(8-20)16(21)22)18-9-19-15(12)26-13(10)17(23)25-7-6-24-2/h9,11H,3-8H2,1-2H3,(H,21,22). The Morgan fingerprint density at radius 3 is 2.92 bits per heavy atom. The number of carboxylic acids is 1. The third-order valence-electron chi connectivity index (χ3n) is 4.48. The molecule has 0 radical (unpaired) electrons. The van der Waals surface area contributed by atoms with E-state index in [1.807, 2.05) is 11.8 Å². The van der Waals surface area contributed by atoms with Gasteiger partial charge < -0.3 is 19.5 Å². The Labute approximate surface area is 154 Å². The van der Waals surface area contributed by atoms with E-state index in [0.717, 1.165) is 23.9 Å². The monoisotopic (exact) mass is 379 g/mol. The van der Waals surface area contributed by atoms with Crippen LogP contribution < -0.4 is 4.90 Å². The van der Waals surface area contributed by atoms with E-state index in [4.69, 9.17) is 9.47 Å². The molecule has 0 aliphatic carbocycles. The summed E-state index contributed by atoms with van der Waals surface area (Å²) in [6.07, 6.45) is 2.91. The van der Waals surface area contributed by atoms with Crippen molar-refractivity contribution >= 4 is 39.3 Å². The summed E-state index contributed by atoms with van der Waals surface area (Å²) in [7, 11) is 1.55. The molecule has 0 bridgehead atoms. The number of carbonyl (C=O) groups is 2. The third kappa shape index (κ3) is 3.63. The molecule has 140 valence electrons. The molecule has 2 aromatic heterocycles. The molecular formula is C17H21N3O5S. The molecule has 1 aliphatic heterocycles. The van der Waals surface area contributed by atoms with Crippen LogP contribution in [0.4, 0.5) is 5.82 Å². The zero-order valence-electron chi connectivity index (χ0n) is 14.7. The van der Waals surface area contributed by atoms with E-state index < -0.39 is 17.9 Å². The second-order valence-corrected chi connectivity index (χ2v) is 7.18. The number of nitrogens with zero attached hydrogens (tertiary/aromatic N) is 3. The maximum atomic E-state index is 12.3. The zero-order valence-corrected chi connectivity index (χ0v) is 15.5. The number of methoxy groups -OCH3 is 1.